The molecule has 0 fully saturated rings. The predicted octanol–water partition coefficient (Wildman–Crippen LogP) is -3.55. The second-order valence-electron chi connectivity index (χ2n) is 0. The summed E-state index contributed by atoms with van der Waals surface area (Å²) >= 11 is 0. The zero-order chi connectivity index (χ0) is 2.00. The SMILES string of the molecule is O.O.O.O.OO.[MnH]. The Morgan fingerprint density at radius 2 is 0.571 bits per heavy atom. The first kappa shape index (κ1) is 175. The first-order valence-corrected chi connectivity index (χ1v) is 0.200. The Balaban J connectivity index is -0.000000000500. The van der Waals surface area contributed by atoms with Gasteiger partial charge in [0.2, 0.25) is 0 Å². The second kappa shape index (κ2) is 2240. The topological polar surface area (TPSA) is 166 Å². The molecule has 7 heavy (non-hydrogen) atoms. The minimum absolute atomic E-state index is 0. The van der Waals surface area contributed by atoms with E-state index >= 15 is 0 Å². The molecule has 54 valence electrons. The standard InChI is InChI=1S/Mn.H2O2.4H2O.H/c;1-2;;;;;/h;1-2H;4*1H2;. The molecule has 0 saturated heterocycles. The zero-order valence-corrected chi connectivity index (χ0v) is 4.58. The summed E-state index contributed by atoms with van der Waals surface area (Å²) in [5, 5.41) is 12.0. The fourth-order valence-electron chi connectivity index (χ4n) is 0. The van der Waals surface area contributed by atoms with E-state index in [-0.39, 0.29) is 39.0 Å². The summed E-state index contributed by atoms with van der Waals surface area (Å²) in [5.41, 5.74) is 0. The molecule has 1 radical (unpaired) electrons. The van der Waals surface area contributed by atoms with Gasteiger partial charge in [0.25, 0.3) is 0 Å². The van der Waals surface area contributed by atoms with Crippen molar-refractivity contribution in [3.05, 3.63) is 0 Å². The van der Waals surface area contributed by atoms with Crippen LogP contribution in [-0.4, -0.2) is 32.4 Å². The van der Waals surface area contributed by atoms with E-state index in [0.29, 0.717) is 0 Å². The Morgan fingerprint density at radius 1 is 0.571 bits per heavy atom. The van der Waals surface area contributed by atoms with Crippen molar-refractivity contribution < 1.29 is 49.5 Å². The minimum atomic E-state index is 0. The Hall–Kier alpha value is 0.279. The van der Waals surface area contributed by atoms with Crippen molar-refractivity contribution in [3.63, 3.8) is 0 Å². The van der Waals surface area contributed by atoms with E-state index in [1.165, 1.54) is 0 Å². The molecule has 0 rings (SSSR count). The Morgan fingerprint density at radius 3 is 0.571 bits per heavy atom. The Labute approximate surface area is 50.4 Å². The molecule has 0 spiro atoms. The summed E-state index contributed by atoms with van der Waals surface area (Å²) in [6.07, 6.45) is 0. The van der Waals surface area contributed by atoms with Crippen LogP contribution in [0.15, 0.2) is 0 Å². The fraction of sp³-hybridized carbons (Fsp3) is 0. The van der Waals surface area contributed by atoms with Crippen LogP contribution in [0.1, 0.15) is 0 Å². The molecular weight excluding hydrogens is 151 g/mol. The number of rotatable bonds is 0. The van der Waals surface area contributed by atoms with Gasteiger partial charge in [-0.05, 0) is 0 Å². The second-order valence-corrected chi connectivity index (χ2v) is 0. The molecule has 7 heteroatoms. The molecule has 0 aromatic heterocycles. The molecule has 0 amide bonds. The van der Waals surface area contributed by atoms with E-state index in [1.54, 1.807) is 0 Å². The van der Waals surface area contributed by atoms with Gasteiger partial charge in [-0.15, -0.1) is 0 Å². The predicted molar refractivity (Wildman–Crippen MR) is 21.1 cm³/mol. The van der Waals surface area contributed by atoms with Crippen LogP contribution in [0.5, 0.6) is 0 Å². The van der Waals surface area contributed by atoms with E-state index in [1.807, 2.05) is 0 Å². The van der Waals surface area contributed by atoms with E-state index in [0.717, 1.165) is 0 Å². The maximum absolute atomic E-state index is 6.00. The molecule has 0 aliphatic heterocycles. The van der Waals surface area contributed by atoms with E-state index in [2.05, 4.69) is 0 Å². The van der Waals surface area contributed by atoms with Gasteiger partial charge >= 0.3 is 17.1 Å². The normalized spacial score (nSPS) is 0.857. The van der Waals surface area contributed by atoms with Gasteiger partial charge in [0.15, 0.2) is 0 Å². The Kier molecular flexibility index (Phi) is 56100. The van der Waals surface area contributed by atoms with Crippen molar-refractivity contribution in [2.24, 2.45) is 0 Å². The molecule has 6 nitrogen and oxygen atoms in total. The molecule has 0 atom stereocenters. The fourth-order valence-corrected chi connectivity index (χ4v) is 0. The van der Waals surface area contributed by atoms with Crippen LogP contribution in [0.3, 0.4) is 0 Å². The van der Waals surface area contributed by atoms with Crippen molar-refractivity contribution in [1.29, 1.82) is 0 Å². The molecule has 10 N–H and O–H groups in total. The Bertz CT molecular complexity index is 4.14. The third-order valence-electron chi connectivity index (χ3n) is 0. The summed E-state index contributed by atoms with van der Waals surface area (Å²) in [6.45, 7) is 0. The monoisotopic (exact) mass is 162 g/mol. The molecule has 0 bridgehead atoms. The summed E-state index contributed by atoms with van der Waals surface area (Å²) in [7, 11) is 0. The summed E-state index contributed by atoms with van der Waals surface area (Å²) < 4.78 is 0. The van der Waals surface area contributed by atoms with Crippen LogP contribution in [0, 0.1) is 0 Å². The van der Waals surface area contributed by atoms with Gasteiger partial charge in [-0.1, -0.05) is 0 Å². The summed E-state index contributed by atoms with van der Waals surface area (Å²) in [6, 6.07) is 0. The van der Waals surface area contributed by atoms with E-state index in [4.69, 9.17) is 10.5 Å². The third kappa shape index (κ3) is 1470. The molecule has 0 aliphatic carbocycles. The van der Waals surface area contributed by atoms with Crippen molar-refractivity contribution >= 4 is 0 Å². The average Bonchev–Trinajstić information content (AvgIpc) is 1.00. The maximum atomic E-state index is 6.00. The van der Waals surface area contributed by atoms with Crippen LogP contribution >= 0.6 is 0 Å². The number of hydrogen-bond acceptors (Lipinski definition) is 2. The van der Waals surface area contributed by atoms with Crippen molar-refractivity contribution in [3.8, 4) is 0 Å². The van der Waals surface area contributed by atoms with E-state index in [9.17, 15) is 0 Å². The van der Waals surface area contributed by atoms with Crippen LogP contribution in [0.4, 0.5) is 0 Å². The molecule has 0 saturated carbocycles. The third-order valence-corrected chi connectivity index (χ3v) is 0. The van der Waals surface area contributed by atoms with Gasteiger partial charge in [-0.2, -0.15) is 0 Å². The van der Waals surface area contributed by atoms with Crippen LogP contribution in [0.2, 0.25) is 0 Å². The summed E-state index contributed by atoms with van der Waals surface area (Å²) in [4.78, 5) is 0. The van der Waals surface area contributed by atoms with Gasteiger partial charge in [-0.25, -0.2) is 0 Å². The molecular formula is H11MnO6. The number of hydrogen-bond donors (Lipinski definition) is 2. The first-order chi connectivity index (χ1) is 1.00. The van der Waals surface area contributed by atoms with E-state index < -0.39 is 0 Å². The summed E-state index contributed by atoms with van der Waals surface area (Å²) in [5.74, 6) is 0. The molecule has 0 aromatic carbocycles. The van der Waals surface area contributed by atoms with Gasteiger partial charge in [0.05, 0.1) is 0 Å². The molecule has 0 aromatic rings. The first-order valence-electron chi connectivity index (χ1n) is 0.200. The van der Waals surface area contributed by atoms with Gasteiger partial charge in [0, 0.05) is 0 Å². The van der Waals surface area contributed by atoms with Crippen molar-refractivity contribution in [2.45, 2.75) is 0 Å². The van der Waals surface area contributed by atoms with Gasteiger partial charge in [0.1, 0.15) is 0 Å². The zero-order valence-electron chi connectivity index (χ0n) is 3.30. The van der Waals surface area contributed by atoms with Crippen LogP contribution < -0.4 is 0 Å². The van der Waals surface area contributed by atoms with Crippen molar-refractivity contribution in [2.75, 3.05) is 0 Å². The quantitative estimate of drug-likeness (QED) is 0.214. The van der Waals surface area contributed by atoms with Crippen LogP contribution in [0.25, 0.3) is 0 Å². The van der Waals surface area contributed by atoms with Gasteiger partial charge in [-0.3, -0.25) is 10.5 Å². The van der Waals surface area contributed by atoms with Crippen molar-refractivity contribution in [1.82, 2.24) is 0 Å². The van der Waals surface area contributed by atoms with Gasteiger partial charge < -0.3 is 21.9 Å². The molecule has 0 unspecified atom stereocenters. The van der Waals surface area contributed by atoms with Crippen LogP contribution in [-0.2, 0) is 17.1 Å². The average molecular weight is 162 g/mol. The molecule has 0 aliphatic rings. The molecule has 0 heterocycles.